The van der Waals surface area contributed by atoms with Crippen molar-refractivity contribution in [3.05, 3.63) is 29.6 Å². The first-order valence-electron chi connectivity index (χ1n) is 6.20. The van der Waals surface area contributed by atoms with Gasteiger partial charge in [-0.15, -0.1) is 0 Å². The van der Waals surface area contributed by atoms with Crippen LogP contribution in [0.4, 0.5) is 10.1 Å². The Labute approximate surface area is 98.1 Å². The molecule has 0 aromatic heterocycles. The molecule has 0 radical (unpaired) electrons. The van der Waals surface area contributed by atoms with E-state index in [1.807, 2.05) is 13.0 Å². The Morgan fingerprint density at radius 3 is 2.69 bits per heavy atom. The van der Waals surface area contributed by atoms with Crippen molar-refractivity contribution in [2.45, 2.75) is 52.5 Å². The summed E-state index contributed by atoms with van der Waals surface area (Å²) >= 11 is 0. The van der Waals surface area contributed by atoms with Crippen LogP contribution in [-0.4, -0.2) is 6.04 Å². The van der Waals surface area contributed by atoms with E-state index in [9.17, 15) is 4.39 Å². The second-order valence-electron chi connectivity index (χ2n) is 4.35. The first-order chi connectivity index (χ1) is 7.67. The van der Waals surface area contributed by atoms with Gasteiger partial charge < -0.3 is 5.32 Å². The minimum absolute atomic E-state index is 0.168. The monoisotopic (exact) mass is 223 g/mol. The summed E-state index contributed by atoms with van der Waals surface area (Å²) in [4.78, 5) is 0. The van der Waals surface area contributed by atoms with Crippen LogP contribution in [0.15, 0.2) is 18.2 Å². The van der Waals surface area contributed by atoms with Crippen molar-refractivity contribution in [2.24, 2.45) is 0 Å². The molecule has 1 aromatic carbocycles. The van der Waals surface area contributed by atoms with Gasteiger partial charge in [0.1, 0.15) is 5.82 Å². The summed E-state index contributed by atoms with van der Waals surface area (Å²) in [6.07, 6.45) is 4.67. The first-order valence-corrected chi connectivity index (χ1v) is 6.20. The van der Waals surface area contributed by atoms with E-state index in [2.05, 4.69) is 19.2 Å². The molecule has 1 rings (SSSR count). The van der Waals surface area contributed by atoms with Gasteiger partial charge in [-0.3, -0.25) is 0 Å². The van der Waals surface area contributed by atoms with Crippen LogP contribution in [0.1, 0.15) is 45.1 Å². The van der Waals surface area contributed by atoms with E-state index in [0.29, 0.717) is 6.04 Å². The molecule has 90 valence electrons. The van der Waals surface area contributed by atoms with Crippen molar-refractivity contribution in [1.29, 1.82) is 0 Å². The summed E-state index contributed by atoms with van der Waals surface area (Å²) in [6.45, 7) is 6.37. The van der Waals surface area contributed by atoms with Crippen molar-refractivity contribution in [1.82, 2.24) is 0 Å². The molecule has 1 N–H and O–H groups in total. The van der Waals surface area contributed by atoms with E-state index >= 15 is 0 Å². The molecule has 0 spiro atoms. The normalized spacial score (nSPS) is 12.5. The molecule has 0 saturated heterocycles. The maximum atomic E-state index is 13.1. The smallest absolute Gasteiger partial charge is 0.125 e. The fraction of sp³-hybridized carbons (Fsp3) is 0.571. The molecule has 0 aliphatic carbocycles. The van der Waals surface area contributed by atoms with Crippen molar-refractivity contribution in [3.63, 3.8) is 0 Å². The van der Waals surface area contributed by atoms with Gasteiger partial charge in [-0.1, -0.05) is 32.8 Å². The number of hydrogen-bond donors (Lipinski definition) is 1. The number of benzene rings is 1. The summed E-state index contributed by atoms with van der Waals surface area (Å²) in [5, 5.41) is 3.43. The molecule has 0 saturated carbocycles. The minimum Gasteiger partial charge on any atom is -0.382 e. The third-order valence-electron chi connectivity index (χ3n) is 2.96. The largest absolute Gasteiger partial charge is 0.382 e. The fourth-order valence-electron chi connectivity index (χ4n) is 1.80. The van der Waals surface area contributed by atoms with Crippen LogP contribution in [0.2, 0.25) is 0 Å². The van der Waals surface area contributed by atoms with Gasteiger partial charge in [-0.2, -0.15) is 0 Å². The lowest BCUT2D eigenvalue weighted by Crippen LogP contribution is -2.18. The van der Waals surface area contributed by atoms with E-state index in [-0.39, 0.29) is 5.82 Å². The molecule has 1 atom stereocenters. The Hall–Kier alpha value is -1.05. The molecule has 16 heavy (non-hydrogen) atoms. The van der Waals surface area contributed by atoms with Crippen LogP contribution >= 0.6 is 0 Å². The molecule has 0 fully saturated rings. The van der Waals surface area contributed by atoms with Crippen molar-refractivity contribution >= 4 is 5.69 Å². The van der Waals surface area contributed by atoms with Crippen LogP contribution in [0.25, 0.3) is 0 Å². The fourth-order valence-corrected chi connectivity index (χ4v) is 1.80. The quantitative estimate of drug-likeness (QED) is 0.748. The molecule has 0 heterocycles. The van der Waals surface area contributed by atoms with Crippen LogP contribution in [0.5, 0.6) is 0 Å². The number of halogens is 1. The lowest BCUT2D eigenvalue weighted by atomic mass is 10.1. The number of anilines is 1. The predicted molar refractivity (Wildman–Crippen MR) is 68.4 cm³/mol. The van der Waals surface area contributed by atoms with Crippen LogP contribution in [-0.2, 0) is 0 Å². The zero-order valence-corrected chi connectivity index (χ0v) is 10.5. The summed E-state index contributed by atoms with van der Waals surface area (Å²) in [5.41, 5.74) is 2.04. The topological polar surface area (TPSA) is 12.0 Å². The Balaban J connectivity index is 2.65. The lowest BCUT2D eigenvalue weighted by Gasteiger charge is -2.19. The Bertz CT molecular complexity index is 323. The van der Waals surface area contributed by atoms with E-state index in [1.54, 1.807) is 6.07 Å². The van der Waals surface area contributed by atoms with Gasteiger partial charge >= 0.3 is 0 Å². The summed E-state index contributed by atoms with van der Waals surface area (Å²) in [6, 6.07) is 5.38. The first kappa shape index (κ1) is 13.0. The van der Waals surface area contributed by atoms with Crippen molar-refractivity contribution < 1.29 is 4.39 Å². The molecule has 1 nitrogen and oxygen atoms in total. The minimum atomic E-state index is -0.168. The van der Waals surface area contributed by atoms with Crippen LogP contribution in [0.3, 0.4) is 0 Å². The van der Waals surface area contributed by atoms with Gasteiger partial charge in [0.15, 0.2) is 0 Å². The lowest BCUT2D eigenvalue weighted by molar-refractivity contribution is 0.591. The highest BCUT2D eigenvalue weighted by Crippen LogP contribution is 2.19. The van der Waals surface area contributed by atoms with Crippen LogP contribution < -0.4 is 5.32 Å². The second-order valence-corrected chi connectivity index (χ2v) is 4.35. The molecular weight excluding hydrogens is 201 g/mol. The van der Waals surface area contributed by atoms with E-state index in [0.717, 1.165) is 24.1 Å². The number of nitrogens with one attached hydrogen (secondary N) is 1. The maximum Gasteiger partial charge on any atom is 0.125 e. The molecule has 1 unspecified atom stereocenters. The second kappa shape index (κ2) is 6.51. The summed E-state index contributed by atoms with van der Waals surface area (Å²) < 4.78 is 13.1. The number of hydrogen-bond acceptors (Lipinski definition) is 1. The average molecular weight is 223 g/mol. The molecule has 1 aromatic rings. The van der Waals surface area contributed by atoms with Crippen molar-refractivity contribution in [3.8, 4) is 0 Å². The molecule has 0 amide bonds. The SMILES string of the molecule is CCCCC(CC)Nc1cc(F)ccc1C. The van der Waals surface area contributed by atoms with Gasteiger partial charge in [-0.25, -0.2) is 4.39 Å². The highest BCUT2D eigenvalue weighted by atomic mass is 19.1. The zero-order chi connectivity index (χ0) is 12.0. The molecular formula is C14H22FN. The van der Waals surface area contributed by atoms with Crippen molar-refractivity contribution in [2.75, 3.05) is 5.32 Å². The number of rotatable bonds is 6. The zero-order valence-electron chi connectivity index (χ0n) is 10.5. The third kappa shape index (κ3) is 3.84. The van der Waals surface area contributed by atoms with Gasteiger partial charge in [0.05, 0.1) is 0 Å². The molecule has 0 bridgehead atoms. The van der Waals surface area contributed by atoms with Gasteiger partial charge in [0.25, 0.3) is 0 Å². The maximum absolute atomic E-state index is 13.1. The van der Waals surface area contributed by atoms with E-state index in [4.69, 9.17) is 0 Å². The Morgan fingerprint density at radius 1 is 1.31 bits per heavy atom. The summed E-state index contributed by atoms with van der Waals surface area (Å²) in [7, 11) is 0. The molecule has 0 aliphatic rings. The highest BCUT2D eigenvalue weighted by molar-refractivity contribution is 5.51. The number of aryl methyl sites for hydroxylation is 1. The molecule has 0 aliphatic heterocycles. The van der Waals surface area contributed by atoms with Gasteiger partial charge in [-0.05, 0) is 37.5 Å². The third-order valence-corrected chi connectivity index (χ3v) is 2.96. The number of unbranched alkanes of at least 4 members (excludes halogenated alkanes) is 1. The van der Waals surface area contributed by atoms with Gasteiger partial charge in [0, 0.05) is 11.7 Å². The van der Waals surface area contributed by atoms with Crippen LogP contribution in [0, 0.1) is 12.7 Å². The highest BCUT2D eigenvalue weighted by Gasteiger charge is 2.07. The standard InChI is InChI=1S/C14H22FN/c1-4-6-7-13(5-2)16-14-10-12(15)9-8-11(14)3/h8-10,13,16H,4-7H2,1-3H3. The van der Waals surface area contributed by atoms with E-state index in [1.165, 1.54) is 18.9 Å². The van der Waals surface area contributed by atoms with E-state index < -0.39 is 0 Å². The van der Waals surface area contributed by atoms with Gasteiger partial charge in [0.2, 0.25) is 0 Å². The molecule has 2 heteroatoms. The Morgan fingerprint density at radius 2 is 2.06 bits per heavy atom. The summed E-state index contributed by atoms with van der Waals surface area (Å²) in [5.74, 6) is -0.168. The average Bonchev–Trinajstić information content (AvgIpc) is 2.28. The Kier molecular flexibility index (Phi) is 5.30. The predicted octanol–water partition coefficient (Wildman–Crippen LogP) is 4.51.